The van der Waals surface area contributed by atoms with E-state index in [2.05, 4.69) is 10.5 Å². The average Bonchev–Trinajstić information content (AvgIpc) is 2.50. The molecule has 0 atom stereocenters. The van der Waals surface area contributed by atoms with Crippen LogP contribution in [-0.2, 0) is 4.79 Å². The molecule has 114 valence electrons. The van der Waals surface area contributed by atoms with Gasteiger partial charge in [0.25, 0.3) is 5.91 Å². The fraction of sp³-hybridized carbons (Fsp3) is 0.467. The number of carbonyl (C=O) groups is 1. The number of quaternary nitrogens is 1. The zero-order chi connectivity index (χ0) is 14.9. The minimum absolute atomic E-state index is 0.0286. The summed E-state index contributed by atoms with van der Waals surface area (Å²) < 4.78 is 5.37. The fourth-order valence-corrected chi connectivity index (χ4v) is 3.17. The van der Waals surface area contributed by atoms with Crippen LogP contribution in [0.2, 0.25) is 0 Å². The van der Waals surface area contributed by atoms with Crippen molar-refractivity contribution in [3.8, 4) is 5.75 Å². The average molecular weight is 308 g/mol. The van der Waals surface area contributed by atoms with Crippen molar-refractivity contribution in [2.75, 3.05) is 37.7 Å². The molecule has 0 aliphatic carbocycles. The van der Waals surface area contributed by atoms with Crippen LogP contribution in [0.15, 0.2) is 29.4 Å². The molecule has 5 nitrogen and oxygen atoms in total. The van der Waals surface area contributed by atoms with Crippen molar-refractivity contribution < 1.29 is 14.4 Å². The highest BCUT2D eigenvalue weighted by Crippen LogP contribution is 2.10. The number of benzene rings is 1. The van der Waals surface area contributed by atoms with Gasteiger partial charge in [-0.25, -0.2) is 5.43 Å². The van der Waals surface area contributed by atoms with Gasteiger partial charge in [-0.3, -0.25) is 4.79 Å². The summed E-state index contributed by atoms with van der Waals surface area (Å²) >= 11 is 1.95. The van der Waals surface area contributed by atoms with Crippen LogP contribution in [-0.4, -0.2) is 49.9 Å². The Bertz CT molecular complexity index is 470. The molecule has 2 N–H and O–H groups in total. The third-order valence-electron chi connectivity index (χ3n) is 3.20. The summed E-state index contributed by atoms with van der Waals surface area (Å²) in [6, 6.07) is 7.60. The summed E-state index contributed by atoms with van der Waals surface area (Å²) in [7, 11) is 0. The molecular weight excluding hydrogens is 286 g/mol. The van der Waals surface area contributed by atoms with Gasteiger partial charge < -0.3 is 9.64 Å². The van der Waals surface area contributed by atoms with Gasteiger partial charge in [0.1, 0.15) is 5.75 Å². The van der Waals surface area contributed by atoms with Crippen molar-refractivity contribution >= 4 is 23.9 Å². The minimum atomic E-state index is -0.0286. The van der Waals surface area contributed by atoms with E-state index in [1.54, 1.807) is 6.21 Å². The predicted octanol–water partition coefficient (Wildman–Crippen LogP) is 0.167. The van der Waals surface area contributed by atoms with Crippen LogP contribution in [0.1, 0.15) is 12.5 Å². The number of ether oxygens (including phenoxy) is 1. The largest absolute Gasteiger partial charge is 0.494 e. The van der Waals surface area contributed by atoms with Crippen molar-refractivity contribution in [2.24, 2.45) is 5.10 Å². The molecule has 1 aromatic rings. The molecule has 0 radical (unpaired) electrons. The van der Waals surface area contributed by atoms with E-state index in [9.17, 15) is 4.79 Å². The highest BCUT2D eigenvalue weighted by Gasteiger charge is 2.16. The SMILES string of the molecule is CCOc1ccc(/C=N\NC(=O)C[NH+]2CCSCC2)cc1. The number of nitrogens with one attached hydrogen (secondary N) is 2. The molecule has 0 spiro atoms. The minimum Gasteiger partial charge on any atom is -0.494 e. The molecule has 0 aromatic heterocycles. The lowest BCUT2D eigenvalue weighted by Crippen LogP contribution is -3.14. The molecule has 2 rings (SSSR count). The third-order valence-corrected chi connectivity index (χ3v) is 4.19. The number of nitrogens with zero attached hydrogens (tertiary/aromatic N) is 1. The van der Waals surface area contributed by atoms with Gasteiger partial charge in [0.05, 0.1) is 25.9 Å². The number of rotatable bonds is 6. The topological polar surface area (TPSA) is 55.1 Å². The lowest BCUT2D eigenvalue weighted by Gasteiger charge is -2.21. The standard InChI is InChI=1S/C15H21N3O2S/c1-2-20-14-5-3-13(4-6-14)11-16-17-15(19)12-18-7-9-21-10-8-18/h3-6,11H,2,7-10,12H2,1H3,(H,17,19)/p+1/b16-11-. The van der Waals surface area contributed by atoms with Crippen molar-refractivity contribution in [1.82, 2.24) is 5.43 Å². The van der Waals surface area contributed by atoms with E-state index in [4.69, 9.17) is 4.74 Å². The molecule has 1 aliphatic rings. The second-order valence-corrected chi connectivity index (χ2v) is 6.06. The molecule has 0 unspecified atom stereocenters. The molecule has 6 heteroatoms. The summed E-state index contributed by atoms with van der Waals surface area (Å²) in [6.45, 7) is 5.22. The van der Waals surface area contributed by atoms with E-state index in [1.807, 2.05) is 43.0 Å². The van der Waals surface area contributed by atoms with Gasteiger partial charge in [0.15, 0.2) is 6.54 Å². The van der Waals surface area contributed by atoms with Crippen LogP contribution in [0.5, 0.6) is 5.75 Å². The smallest absolute Gasteiger partial charge is 0.295 e. The van der Waals surface area contributed by atoms with E-state index in [-0.39, 0.29) is 5.91 Å². The Labute approximate surface area is 129 Å². The van der Waals surface area contributed by atoms with Gasteiger partial charge in [-0.1, -0.05) is 0 Å². The fourth-order valence-electron chi connectivity index (χ4n) is 2.10. The van der Waals surface area contributed by atoms with E-state index in [0.29, 0.717) is 13.2 Å². The van der Waals surface area contributed by atoms with Crippen LogP contribution in [0, 0.1) is 0 Å². The van der Waals surface area contributed by atoms with E-state index < -0.39 is 0 Å². The second-order valence-electron chi connectivity index (χ2n) is 4.83. The Balaban J connectivity index is 1.74. The Morgan fingerprint density at radius 3 is 2.76 bits per heavy atom. The summed E-state index contributed by atoms with van der Waals surface area (Å²) in [5, 5.41) is 4.00. The molecule has 1 fully saturated rings. The Kier molecular flexibility index (Phi) is 6.56. The second kappa shape index (κ2) is 8.69. The van der Waals surface area contributed by atoms with Crippen LogP contribution in [0.25, 0.3) is 0 Å². The molecule has 1 aromatic carbocycles. The normalized spacial score (nSPS) is 16.0. The van der Waals surface area contributed by atoms with E-state index >= 15 is 0 Å². The number of carbonyl (C=O) groups excluding carboxylic acids is 1. The first-order valence-corrected chi connectivity index (χ1v) is 8.39. The van der Waals surface area contributed by atoms with E-state index in [0.717, 1.165) is 35.9 Å². The van der Waals surface area contributed by atoms with Gasteiger partial charge in [0.2, 0.25) is 0 Å². The first-order valence-electron chi connectivity index (χ1n) is 7.24. The molecular formula is C15H22N3O2S+. The molecule has 0 saturated carbocycles. The monoisotopic (exact) mass is 308 g/mol. The quantitative estimate of drug-likeness (QED) is 0.582. The third kappa shape index (κ3) is 5.77. The Morgan fingerprint density at radius 1 is 1.38 bits per heavy atom. The lowest BCUT2D eigenvalue weighted by atomic mass is 10.2. The molecule has 21 heavy (non-hydrogen) atoms. The van der Waals surface area contributed by atoms with Crippen molar-refractivity contribution in [1.29, 1.82) is 0 Å². The zero-order valence-electron chi connectivity index (χ0n) is 12.3. The summed E-state index contributed by atoms with van der Waals surface area (Å²) in [5.74, 6) is 3.08. The molecule has 1 heterocycles. The first-order chi connectivity index (χ1) is 10.3. The summed E-state index contributed by atoms with van der Waals surface area (Å²) in [4.78, 5) is 13.1. The number of amides is 1. The summed E-state index contributed by atoms with van der Waals surface area (Å²) in [5.41, 5.74) is 3.52. The number of hydrogen-bond acceptors (Lipinski definition) is 4. The highest BCUT2D eigenvalue weighted by atomic mass is 32.2. The molecule has 0 bridgehead atoms. The molecule has 1 saturated heterocycles. The van der Waals surface area contributed by atoms with Gasteiger partial charge in [-0.05, 0) is 36.8 Å². The van der Waals surface area contributed by atoms with Gasteiger partial charge in [-0.2, -0.15) is 16.9 Å². The lowest BCUT2D eigenvalue weighted by molar-refractivity contribution is -0.888. The zero-order valence-corrected chi connectivity index (χ0v) is 13.1. The Hall–Kier alpha value is -1.53. The van der Waals surface area contributed by atoms with Crippen LogP contribution >= 0.6 is 11.8 Å². The van der Waals surface area contributed by atoms with Gasteiger partial charge >= 0.3 is 0 Å². The van der Waals surface area contributed by atoms with Gasteiger partial charge in [0, 0.05) is 11.5 Å². The van der Waals surface area contributed by atoms with Crippen molar-refractivity contribution in [3.63, 3.8) is 0 Å². The highest BCUT2D eigenvalue weighted by molar-refractivity contribution is 7.99. The maximum Gasteiger partial charge on any atom is 0.295 e. The van der Waals surface area contributed by atoms with Crippen LogP contribution in [0.4, 0.5) is 0 Å². The Morgan fingerprint density at radius 2 is 2.10 bits per heavy atom. The van der Waals surface area contributed by atoms with Crippen molar-refractivity contribution in [2.45, 2.75) is 6.92 Å². The number of hydrogen-bond donors (Lipinski definition) is 2. The van der Waals surface area contributed by atoms with Crippen LogP contribution in [0.3, 0.4) is 0 Å². The predicted molar refractivity (Wildman–Crippen MR) is 86.2 cm³/mol. The van der Waals surface area contributed by atoms with Gasteiger partial charge in [-0.15, -0.1) is 0 Å². The molecule has 1 amide bonds. The number of hydrazone groups is 1. The van der Waals surface area contributed by atoms with Crippen LogP contribution < -0.4 is 15.1 Å². The maximum atomic E-state index is 11.8. The summed E-state index contributed by atoms with van der Waals surface area (Å²) in [6.07, 6.45) is 1.65. The van der Waals surface area contributed by atoms with E-state index in [1.165, 1.54) is 4.90 Å². The van der Waals surface area contributed by atoms with Crippen molar-refractivity contribution in [3.05, 3.63) is 29.8 Å². The molecule has 1 aliphatic heterocycles. The number of thioether (sulfide) groups is 1. The maximum absolute atomic E-state index is 11.8. The first kappa shape index (κ1) is 15.9.